The first-order valence-corrected chi connectivity index (χ1v) is 12.5. The Labute approximate surface area is 208 Å². The molecule has 0 radical (unpaired) electrons. The molecule has 1 aliphatic heterocycles. The molecule has 9 heteroatoms. The van der Waals surface area contributed by atoms with Gasteiger partial charge in [0.2, 0.25) is 5.91 Å². The van der Waals surface area contributed by atoms with Crippen molar-refractivity contribution in [1.29, 1.82) is 0 Å². The van der Waals surface area contributed by atoms with Crippen LogP contribution in [0.2, 0.25) is 0 Å². The molecule has 2 aromatic carbocycles. The first-order chi connectivity index (χ1) is 17.4. The van der Waals surface area contributed by atoms with Crippen LogP contribution in [0.4, 0.5) is 11.4 Å². The van der Waals surface area contributed by atoms with Crippen LogP contribution in [0.15, 0.2) is 59.2 Å². The number of allylic oxidation sites excluding steroid dienone is 1. The van der Waals surface area contributed by atoms with Gasteiger partial charge in [-0.15, -0.1) is 0 Å². The Hall–Kier alpha value is -3.88. The van der Waals surface area contributed by atoms with Gasteiger partial charge in [0.15, 0.2) is 0 Å². The van der Waals surface area contributed by atoms with Gasteiger partial charge in [-0.1, -0.05) is 31.4 Å². The van der Waals surface area contributed by atoms with E-state index in [1.54, 1.807) is 29.3 Å². The van der Waals surface area contributed by atoms with E-state index in [-0.39, 0.29) is 35.2 Å². The average molecular weight is 489 g/mol. The molecule has 0 spiro atoms. The van der Waals surface area contributed by atoms with Crippen molar-refractivity contribution < 1.29 is 14.6 Å². The summed E-state index contributed by atoms with van der Waals surface area (Å²) in [5.41, 5.74) is 3.68. The summed E-state index contributed by atoms with van der Waals surface area (Å²) in [7, 11) is 0. The van der Waals surface area contributed by atoms with Gasteiger partial charge in [0, 0.05) is 36.1 Å². The topological polar surface area (TPSA) is 119 Å². The molecule has 5 rings (SSSR count). The zero-order chi connectivity index (χ0) is 25.2. The Morgan fingerprint density at radius 2 is 1.47 bits per heavy atom. The van der Waals surface area contributed by atoms with Crippen molar-refractivity contribution in [1.82, 2.24) is 5.01 Å². The molecule has 1 amide bonds. The van der Waals surface area contributed by atoms with E-state index in [1.807, 2.05) is 6.08 Å². The number of fused-ring (bicyclic) bond motifs is 1. The van der Waals surface area contributed by atoms with Crippen molar-refractivity contribution >= 4 is 29.1 Å². The second kappa shape index (κ2) is 10.0. The van der Waals surface area contributed by atoms with E-state index in [1.165, 1.54) is 24.3 Å². The standard InChI is InChI=1S/C27H28N4O5/c32-27(20-5-2-1-3-6-20)29-26(19-11-15-23(16-12-19)31(35)36)24-8-4-7-21(25(24)28-29)17-18-9-13-22(14-10-18)30(33)34/h9-17,20,24,26H,1-8H2/b21-17+/t24-,26+/m1/s1. The number of hydrogen-bond acceptors (Lipinski definition) is 6. The van der Waals surface area contributed by atoms with Crippen LogP contribution in [-0.4, -0.2) is 26.5 Å². The Balaban J connectivity index is 1.51. The summed E-state index contributed by atoms with van der Waals surface area (Å²) in [6.45, 7) is 0. The summed E-state index contributed by atoms with van der Waals surface area (Å²) >= 11 is 0. The van der Waals surface area contributed by atoms with Gasteiger partial charge in [0.25, 0.3) is 11.4 Å². The second-order valence-electron chi connectivity index (χ2n) is 9.81. The van der Waals surface area contributed by atoms with Gasteiger partial charge in [-0.3, -0.25) is 25.0 Å². The monoisotopic (exact) mass is 488 g/mol. The van der Waals surface area contributed by atoms with Crippen LogP contribution in [-0.2, 0) is 4.79 Å². The number of hydrogen-bond donors (Lipinski definition) is 0. The van der Waals surface area contributed by atoms with Crippen molar-refractivity contribution in [2.24, 2.45) is 16.9 Å². The minimum atomic E-state index is -0.420. The summed E-state index contributed by atoms with van der Waals surface area (Å²) in [4.78, 5) is 35.1. The maximum Gasteiger partial charge on any atom is 0.269 e. The number of non-ortho nitro benzene ring substituents is 2. The minimum absolute atomic E-state index is 0.00274. The summed E-state index contributed by atoms with van der Waals surface area (Å²) < 4.78 is 0. The lowest BCUT2D eigenvalue weighted by Gasteiger charge is -2.32. The van der Waals surface area contributed by atoms with Crippen LogP contribution in [0.3, 0.4) is 0 Å². The molecule has 0 saturated heterocycles. The molecule has 36 heavy (non-hydrogen) atoms. The quantitative estimate of drug-likeness (QED) is 0.366. The van der Waals surface area contributed by atoms with E-state index in [4.69, 9.17) is 5.10 Å². The molecule has 0 aromatic heterocycles. The van der Waals surface area contributed by atoms with Crippen LogP contribution in [0, 0.1) is 32.1 Å². The van der Waals surface area contributed by atoms with Crippen LogP contribution in [0.25, 0.3) is 6.08 Å². The predicted octanol–water partition coefficient (Wildman–Crippen LogP) is 6.21. The van der Waals surface area contributed by atoms with Crippen LogP contribution in [0.1, 0.15) is 68.5 Å². The average Bonchev–Trinajstić information content (AvgIpc) is 3.30. The molecule has 2 atom stereocenters. The van der Waals surface area contributed by atoms with E-state index >= 15 is 0 Å². The van der Waals surface area contributed by atoms with Crippen molar-refractivity contribution in [2.45, 2.75) is 57.4 Å². The molecule has 2 saturated carbocycles. The van der Waals surface area contributed by atoms with Gasteiger partial charge in [-0.05, 0) is 67.0 Å². The number of carbonyl (C=O) groups is 1. The Bertz CT molecular complexity index is 1230. The highest BCUT2D eigenvalue weighted by atomic mass is 16.6. The number of hydrazone groups is 1. The van der Waals surface area contributed by atoms with Gasteiger partial charge in [-0.2, -0.15) is 5.10 Å². The van der Waals surface area contributed by atoms with E-state index < -0.39 is 9.85 Å². The Kier molecular flexibility index (Phi) is 6.63. The van der Waals surface area contributed by atoms with Gasteiger partial charge in [0.1, 0.15) is 0 Å². The zero-order valence-electron chi connectivity index (χ0n) is 19.9. The fraction of sp³-hybridized carbons (Fsp3) is 0.407. The summed E-state index contributed by atoms with van der Waals surface area (Å²) in [6.07, 6.45) is 9.57. The fourth-order valence-electron chi connectivity index (χ4n) is 5.74. The maximum atomic E-state index is 13.7. The van der Waals surface area contributed by atoms with Crippen LogP contribution in [0.5, 0.6) is 0 Å². The van der Waals surface area contributed by atoms with E-state index in [0.29, 0.717) is 0 Å². The van der Waals surface area contributed by atoms with E-state index in [9.17, 15) is 25.0 Å². The molecule has 1 heterocycles. The molecule has 0 bridgehead atoms. The lowest BCUT2D eigenvalue weighted by atomic mass is 9.77. The number of nitro groups is 2. The van der Waals surface area contributed by atoms with Crippen molar-refractivity contribution in [3.05, 3.63) is 85.5 Å². The van der Waals surface area contributed by atoms with Crippen molar-refractivity contribution in [3.8, 4) is 0 Å². The predicted molar refractivity (Wildman–Crippen MR) is 135 cm³/mol. The maximum absolute atomic E-state index is 13.7. The molecule has 186 valence electrons. The number of nitrogens with zero attached hydrogens (tertiary/aromatic N) is 4. The van der Waals surface area contributed by atoms with E-state index in [0.717, 1.165) is 73.8 Å². The van der Waals surface area contributed by atoms with Crippen molar-refractivity contribution in [3.63, 3.8) is 0 Å². The number of carbonyl (C=O) groups excluding carboxylic acids is 1. The SMILES string of the molecule is O=C(C1CCCCC1)N1N=C2/C(=C/c3ccc([N+](=O)[O-])cc3)CCC[C@H]2[C@@H]1c1ccc([N+](=O)[O-])cc1. The normalized spacial score (nSPS) is 23.3. The van der Waals surface area contributed by atoms with Gasteiger partial charge < -0.3 is 0 Å². The summed E-state index contributed by atoms with van der Waals surface area (Å²) in [5, 5.41) is 28.8. The third-order valence-corrected chi connectivity index (χ3v) is 7.57. The smallest absolute Gasteiger partial charge is 0.269 e. The summed E-state index contributed by atoms with van der Waals surface area (Å²) in [5.74, 6) is -0.0161. The Morgan fingerprint density at radius 1 is 0.861 bits per heavy atom. The minimum Gasteiger partial charge on any atom is -0.273 e. The molecular weight excluding hydrogens is 460 g/mol. The van der Waals surface area contributed by atoms with Gasteiger partial charge in [-0.25, -0.2) is 5.01 Å². The third-order valence-electron chi connectivity index (χ3n) is 7.57. The van der Waals surface area contributed by atoms with Crippen LogP contribution >= 0.6 is 0 Å². The zero-order valence-corrected chi connectivity index (χ0v) is 19.9. The Morgan fingerprint density at radius 3 is 2.08 bits per heavy atom. The number of nitro benzene ring substituents is 2. The fourth-order valence-corrected chi connectivity index (χ4v) is 5.74. The van der Waals surface area contributed by atoms with Gasteiger partial charge >= 0.3 is 0 Å². The first kappa shape index (κ1) is 23.8. The molecule has 2 aliphatic carbocycles. The van der Waals surface area contributed by atoms with E-state index in [2.05, 4.69) is 0 Å². The highest BCUT2D eigenvalue weighted by Crippen LogP contribution is 2.46. The van der Waals surface area contributed by atoms with Crippen molar-refractivity contribution in [2.75, 3.05) is 0 Å². The third kappa shape index (κ3) is 4.65. The molecule has 2 fully saturated rings. The lowest BCUT2D eigenvalue weighted by molar-refractivity contribution is -0.385. The molecule has 0 N–H and O–H groups in total. The van der Waals surface area contributed by atoms with Gasteiger partial charge in [0.05, 0.1) is 21.6 Å². The molecule has 2 aromatic rings. The molecular formula is C27H28N4O5. The molecule has 0 unspecified atom stereocenters. The largest absolute Gasteiger partial charge is 0.273 e. The first-order valence-electron chi connectivity index (χ1n) is 12.5. The highest BCUT2D eigenvalue weighted by molar-refractivity contribution is 6.08. The second-order valence-corrected chi connectivity index (χ2v) is 9.81. The number of benzene rings is 2. The molecule has 9 nitrogen and oxygen atoms in total. The number of rotatable bonds is 5. The molecule has 3 aliphatic rings. The highest BCUT2D eigenvalue weighted by Gasteiger charge is 2.45. The van der Waals surface area contributed by atoms with Crippen LogP contribution < -0.4 is 0 Å². The lowest BCUT2D eigenvalue weighted by Crippen LogP contribution is -2.36. The summed E-state index contributed by atoms with van der Waals surface area (Å²) in [6, 6.07) is 12.6. The number of amides is 1.